The standard InChI is InChI=1S/C11H17NOS/c1-8-3-4-11(14-8)9-5-10(7-13-2)12-6-9/h3-4,9-10,12H,5-7H2,1-2H3. The van der Waals surface area contributed by atoms with E-state index < -0.39 is 0 Å². The minimum atomic E-state index is 0.549. The first-order valence-electron chi connectivity index (χ1n) is 5.08. The summed E-state index contributed by atoms with van der Waals surface area (Å²) < 4.78 is 5.16. The van der Waals surface area contributed by atoms with Gasteiger partial charge in [0.15, 0.2) is 0 Å². The molecule has 2 atom stereocenters. The maximum absolute atomic E-state index is 5.16. The van der Waals surface area contributed by atoms with E-state index in [0.29, 0.717) is 12.0 Å². The van der Waals surface area contributed by atoms with Gasteiger partial charge in [-0.2, -0.15) is 0 Å². The molecule has 0 bridgehead atoms. The van der Waals surface area contributed by atoms with Gasteiger partial charge in [0.1, 0.15) is 0 Å². The van der Waals surface area contributed by atoms with E-state index in [1.54, 1.807) is 7.11 Å². The van der Waals surface area contributed by atoms with Gasteiger partial charge in [-0.1, -0.05) is 0 Å². The van der Waals surface area contributed by atoms with Gasteiger partial charge in [-0.05, 0) is 25.5 Å². The summed E-state index contributed by atoms with van der Waals surface area (Å²) in [6, 6.07) is 5.03. The number of rotatable bonds is 3. The van der Waals surface area contributed by atoms with Crippen molar-refractivity contribution < 1.29 is 4.74 Å². The minimum Gasteiger partial charge on any atom is -0.383 e. The lowest BCUT2D eigenvalue weighted by Gasteiger charge is -2.07. The zero-order valence-electron chi connectivity index (χ0n) is 8.75. The molecule has 0 spiro atoms. The molecule has 0 aromatic carbocycles. The summed E-state index contributed by atoms with van der Waals surface area (Å²) in [5, 5.41) is 3.50. The quantitative estimate of drug-likeness (QED) is 0.827. The van der Waals surface area contributed by atoms with Crippen molar-refractivity contribution in [1.82, 2.24) is 5.32 Å². The van der Waals surface area contributed by atoms with Crippen LogP contribution in [0.25, 0.3) is 0 Å². The lowest BCUT2D eigenvalue weighted by Crippen LogP contribution is -2.25. The van der Waals surface area contributed by atoms with Gasteiger partial charge in [0.2, 0.25) is 0 Å². The van der Waals surface area contributed by atoms with Crippen LogP contribution < -0.4 is 5.32 Å². The largest absolute Gasteiger partial charge is 0.383 e. The summed E-state index contributed by atoms with van der Waals surface area (Å²) in [6.07, 6.45) is 1.22. The molecule has 0 amide bonds. The molecule has 3 heteroatoms. The Morgan fingerprint density at radius 2 is 2.43 bits per heavy atom. The molecule has 1 aromatic heterocycles. The fraction of sp³-hybridized carbons (Fsp3) is 0.636. The summed E-state index contributed by atoms with van der Waals surface area (Å²) in [5.74, 6) is 0.703. The molecular weight excluding hydrogens is 194 g/mol. The van der Waals surface area contributed by atoms with Gasteiger partial charge in [0.05, 0.1) is 6.61 Å². The third kappa shape index (κ3) is 2.16. The summed E-state index contributed by atoms with van der Waals surface area (Å²) in [5.41, 5.74) is 0. The number of methoxy groups -OCH3 is 1. The van der Waals surface area contributed by atoms with Gasteiger partial charge < -0.3 is 10.1 Å². The number of nitrogens with one attached hydrogen (secondary N) is 1. The molecule has 14 heavy (non-hydrogen) atoms. The van der Waals surface area contributed by atoms with Gasteiger partial charge >= 0.3 is 0 Å². The van der Waals surface area contributed by atoms with Crippen molar-refractivity contribution in [3.8, 4) is 0 Å². The molecule has 0 saturated carbocycles. The van der Waals surface area contributed by atoms with Crippen molar-refractivity contribution in [1.29, 1.82) is 0 Å². The lowest BCUT2D eigenvalue weighted by atomic mass is 10.0. The van der Waals surface area contributed by atoms with Crippen molar-refractivity contribution in [3.63, 3.8) is 0 Å². The maximum atomic E-state index is 5.16. The predicted molar refractivity (Wildman–Crippen MR) is 60.1 cm³/mol. The van der Waals surface area contributed by atoms with E-state index in [0.717, 1.165) is 13.2 Å². The summed E-state index contributed by atoms with van der Waals surface area (Å²) in [4.78, 5) is 2.93. The third-order valence-corrected chi connectivity index (χ3v) is 3.92. The lowest BCUT2D eigenvalue weighted by molar-refractivity contribution is 0.173. The van der Waals surface area contributed by atoms with E-state index in [9.17, 15) is 0 Å². The third-order valence-electron chi connectivity index (χ3n) is 2.75. The van der Waals surface area contributed by atoms with E-state index >= 15 is 0 Å². The van der Waals surface area contributed by atoms with Gasteiger partial charge in [-0.25, -0.2) is 0 Å². The van der Waals surface area contributed by atoms with E-state index in [1.165, 1.54) is 16.2 Å². The Morgan fingerprint density at radius 3 is 3.07 bits per heavy atom. The molecule has 1 saturated heterocycles. The highest BCUT2D eigenvalue weighted by Crippen LogP contribution is 2.30. The Kier molecular flexibility index (Phi) is 3.21. The highest BCUT2D eigenvalue weighted by Gasteiger charge is 2.25. The van der Waals surface area contributed by atoms with E-state index in [1.807, 2.05) is 11.3 Å². The summed E-state index contributed by atoms with van der Waals surface area (Å²) in [7, 11) is 1.77. The normalized spacial score (nSPS) is 27.0. The van der Waals surface area contributed by atoms with E-state index in [4.69, 9.17) is 4.74 Å². The van der Waals surface area contributed by atoms with Gasteiger partial charge in [0, 0.05) is 35.4 Å². The molecule has 1 aliphatic heterocycles. The second kappa shape index (κ2) is 4.43. The molecule has 0 radical (unpaired) electrons. The van der Waals surface area contributed by atoms with Crippen LogP contribution in [0.2, 0.25) is 0 Å². The van der Waals surface area contributed by atoms with Gasteiger partial charge in [-0.3, -0.25) is 0 Å². The van der Waals surface area contributed by atoms with Crippen LogP contribution in [-0.2, 0) is 4.74 Å². The number of hydrogen-bond acceptors (Lipinski definition) is 3. The molecule has 1 aliphatic rings. The molecular formula is C11H17NOS. The average molecular weight is 211 g/mol. The van der Waals surface area contributed by atoms with Crippen molar-refractivity contribution in [3.05, 3.63) is 21.9 Å². The zero-order chi connectivity index (χ0) is 9.97. The molecule has 1 aromatic rings. The molecule has 1 fully saturated rings. The SMILES string of the molecule is COCC1CC(c2ccc(C)s2)CN1. The van der Waals surface area contributed by atoms with Crippen LogP contribution in [0, 0.1) is 6.92 Å². The fourth-order valence-corrected chi connectivity index (χ4v) is 3.03. The Hall–Kier alpha value is -0.380. The van der Waals surface area contributed by atoms with Crippen LogP contribution in [0.3, 0.4) is 0 Å². The molecule has 78 valence electrons. The zero-order valence-corrected chi connectivity index (χ0v) is 9.56. The Morgan fingerprint density at radius 1 is 1.57 bits per heavy atom. The Bertz CT molecular complexity index is 297. The first kappa shape index (κ1) is 10.1. The smallest absolute Gasteiger partial charge is 0.0616 e. The topological polar surface area (TPSA) is 21.3 Å². The number of hydrogen-bond donors (Lipinski definition) is 1. The molecule has 2 rings (SSSR count). The van der Waals surface area contributed by atoms with Crippen LogP contribution in [0.15, 0.2) is 12.1 Å². The summed E-state index contributed by atoms with van der Waals surface area (Å²) in [6.45, 7) is 4.11. The second-order valence-corrected chi connectivity index (χ2v) is 5.26. The highest BCUT2D eigenvalue weighted by atomic mass is 32.1. The maximum Gasteiger partial charge on any atom is 0.0616 e. The van der Waals surface area contributed by atoms with Crippen molar-refractivity contribution in [2.45, 2.75) is 25.3 Å². The second-order valence-electron chi connectivity index (χ2n) is 3.94. The van der Waals surface area contributed by atoms with Crippen LogP contribution in [-0.4, -0.2) is 26.3 Å². The van der Waals surface area contributed by atoms with Gasteiger partial charge in [-0.15, -0.1) is 11.3 Å². The Balaban J connectivity index is 1.95. The number of aryl methyl sites for hydroxylation is 1. The molecule has 2 nitrogen and oxygen atoms in total. The molecule has 1 N–H and O–H groups in total. The van der Waals surface area contributed by atoms with E-state index in [2.05, 4.69) is 24.4 Å². The van der Waals surface area contributed by atoms with Crippen molar-refractivity contribution in [2.75, 3.05) is 20.3 Å². The number of ether oxygens (including phenoxy) is 1. The van der Waals surface area contributed by atoms with Crippen molar-refractivity contribution in [2.24, 2.45) is 0 Å². The Labute approximate surface area is 89.3 Å². The van der Waals surface area contributed by atoms with Gasteiger partial charge in [0.25, 0.3) is 0 Å². The first-order chi connectivity index (χ1) is 6.79. The number of thiophene rings is 1. The minimum absolute atomic E-state index is 0.549. The highest BCUT2D eigenvalue weighted by molar-refractivity contribution is 7.12. The monoisotopic (exact) mass is 211 g/mol. The first-order valence-corrected chi connectivity index (χ1v) is 5.90. The molecule has 0 aliphatic carbocycles. The summed E-state index contributed by atoms with van der Waals surface area (Å²) >= 11 is 1.92. The average Bonchev–Trinajstić information content (AvgIpc) is 2.74. The predicted octanol–water partition coefficient (Wildman–Crippen LogP) is 2.15. The van der Waals surface area contributed by atoms with Crippen molar-refractivity contribution >= 4 is 11.3 Å². The molecule has 2 heterocycles. The van der Waals surface area contributed by atoms with Crippen LogP contribution in [0.4, 0.5) is 0 Å². The van der Waals surface area contributed by atoms with Crippen LogP contribution >= 0.6 is 11.3 Å². The van der Waals surface area contributed by atoms with Crippen LogP contribution in [0.5, 0.6) is 0 Å². The molecule has 2 unspecified atom stereocenters. The van der Waals surface area contributed by atoms with E-state index in [-0.39, 0.29) is 0 Å². The fourth-order valence-electron chi connectivity index (χ4n) is 2.04. The van der Waals surface area contributed by atoms with Crippen LogP contribution in [0.1, 0.15) is 22.1 Å².